The van der Waals surface area contributed by atoms with Gasteiger partial charge in [-0.1, -0.05) is 18.2 Å². The number of likely N-dealkylation sites (tertiary alicyclic amines) is 1. The monoisotopic (exact) mass is 392 g/mol. The average molecular weight is 392 g/mol. The van der Waals surface area contributed by atoms with E-state index in [1.54, 1.807) is 29.2 Å². The molecule has 2 aromatic carbocycles. The van der Waals surface area contributed by atoms with Crippen LogP contribution < -0.4 is 10.1 Å². The predicted molar refractivity (Wildman–Crippen MR) is 97.1 cm³/mol. The molecule has 0 radical (unpaired) electrons. The summed E-state index contributed by atoms with van der Waals surface area (Å²) in [6.07, 6.45) is -2.63. The van der Waals surface area contributed by atoms with Crippen LogP contribution >= 0.6 is 0 Å². The minimum Gasteiger partial charge on any atom is -0.483 e. The summed E-state index contributed by atoms with van der Waals surface area (Å²) < 4.78 is 43.9. The molecule has 148 valence electrons. The van der Waals surface area contributed by atoms with Crippen LogP contribution in [-0.4, -0.2) is 36.4 Å². The van der Waals surface area contributed by atoms with Gasteiger partial charge in [0.05, 0.1) is 5.56 Å². The van der Waals surface area contributed by atoms with Crippen LogP contribution in [0, 0.1) is 0 Å². The van der Waals surface area contributed by atoms with Gasteiger partial charge < -0.3 is 15.0 Å². The second kappa shape index (κ2) is 8.33. The molecule has 0 saturated carbocycles. The lowest BCUT2D eigenvalue weighted by Crippen LogP contribution is -2.27. The average Bonchev–Trinajstić information content (AvgIpc) is 3.20. The number of alkyl halides is 3. The third-order valence-corrected chi connectivity index (χ3v) is 4.34. The highest BCUT2D eigenvalue weighted by Crippen LogP contribution is 2.35. The summed E-state index contributed by atoms with van der Waals surface area (Å²) in [4.78, 5) is 26.2. The van der Waals surface area contributed by atoms with E-state index >= 15 is 0 Å². The van der Waals surface area contributed by atoms with Gasteiger partial charge in [0.1, 0.15) is 5.75 Å². The first-order valence-electron chi connectivity index (χ1n) is 8.83. The summed E-state index contributed by atoms with van der Waals surface area (Å²) >= 11 is 0. The highest BCUT2D eigenvalue weighted by molar-refractivity contribution is 5.97. The summed E-state index contributed by atoms with van der Waals surface area (Å²) in [6.45, 7) is 0.834. The Labute approximate surface area is 160 Å². The number of nitrogens with zero attached hydrogens (tertiary/aromatic N) is 1. The molecule has 0 bridgehead atoms. The largest absolute Gasteiger partial charge is 0.483 e. The number of hydrogen-bond acceptors (Lipinski definition) is 3. The van der Waals surface area contributed by atoms with Crippen molar-refractivity contribution in [3.63, 3.8) is 0 Å². The van der Waals surface area contributed by atoms with Crippen molar-refractivity contribution in [3.05, 3.63) is 59.7 Å². The number of halogens is 3. The van der Waals surface area contributed by atoms with E-state index in [2.05, 4.69) is 5.32 Å². The molecule has 1 saturated heterocycles. The standard InChI is InChI=1S/C20H19F3N2O3/c21-20(22,23)16-8-1-2-9-17(16)28-13-18(26)24-15-7-5-6-14(12-15)19(27)25-10-3-4-11-25/h1-2,5-9,12H,3-4,10-11,13H2,(H,24,26). The Balaban J connectivity index is 1.61. The van der Waals surface area contributed by atoms with Crippen LogP contribution in [0.5, 0.6) is 5.75 Å². The van der Waals surface area contributed by atoms with E-state index in [-0.39, 0.29) is 5.91 Å². The third kappa shape index (κ3) is 4.82. The Bertz CT molecular complexity index is 862. The van der Waals surface area contributed by atoms with Gasteiger partial charge in [-0.2, -0.15) is 13.2 Å². The van der Waals surface area contributed by atoms with Crippen LogP contribution in [0.25, 0.3) is 0 Å². The van der Waals surface area contributed by atoms with E-state index < -0.39 is 30.0 Å². The van der Waals surface area contributed by atoms with E-state index in [0.29, 0.717) is 24.3 Å². The number of nitrogens with one attached hydrogen (secondary N) is 1. The first-order chi connectivity index (χ1) is 13.3. The molecule has 1 heterocycles. The van der Waals surface area contributed by atoms with Crippen molar-refractivity contribution in [1.29, 1.82) is 0 Å². The lowest BCUT2D eigenvalue weighted by Gasteiger charge is -2.16. The first-order valence-corrected chi connectivity index (χ1v) is 8.83. The lowest BCUT2D eigenvalue weighted by molar-refractivity contribution is -0.139. The number of anilines is 1. The third-order valence-electron chi connectivity index (χ3n) is 4.34. The summed E-state index contributed by atoms with van der Waals surface area (Å²) in [7, 11) is 0. The number of hydrogen-bond donors (Lipinski definition) is 1. The molecule has 0 aromatic heterocycles. The van der Waals surface area contributed by atoms with Crippen molar-refractivity contribution < 1.29 is 27.5 Å². The molecule has 0 atom stereocenters. The first kappa shape index (κ1) is 19.7. The molecule has 5 nitrogen and oxygen atoms in total. The molecule has 1 aliphatic rings. The zero-order valence-electron chi connectivity index (χ0n) is 15.0. The number of para-hydroxylation sites is 1. The van der Waals surface area contributed by atoms with Crippen molar-refractivity contribution in [1.82, 2.24) is 4.90 Å². The smallest absolute Gasteiger partial charge is 0.419 e. The molecule has 0 spiro atoms. The molecular weight excluding hydrogens is 373 g/mol. The molecular formula is C20H19F3N2O3. The Hall–Kier alpha value is -3.03. The minimum absolute atomic E-state index is 0.107. The van der Waals surface area contributed by atoms with E-state index in [4.69, 9.17) is 4.74 Å². The highest BCUT2D eigenvalue weighted by Gasteiger charge is 2.34. The van der Waals surface area contributed by atoms with Crippen LogP contribution in [0.4, 0.5) is 18.9 Å². The van der Waals surface area contributed by atoms with Gasteiger partial charge in [0.25, 0.3) is 11.8 Å². The summed E-state index contributed by atoms with van der Waals surface area (Å²) in [5, 5.41) is 2.54. The number of ether oxygens (including phenoxy) is 1. The maximum atomic E-state index is 13.0. The molecule has 3 rings (SSSR count). The fraction of sp³-hybridized carbons (Fsp3) is 0.300. The maximum absolute atomic E-state index is 13.0. The van der Waals surface area contributed by atoms with E-state index in [1.165, 1.54) is 12.1 Å². The molecule has 0 aliphatic carbocycles. The van der Waals surface area contributed by atoms with Gasteiger partial charge in [-0.25, -0.2) is 0 Å². The Morgan fingerprint density at radius 3 is 2.46 bits per heavy atom. The van der Waals surface area contributed by atoms with Crippen LogP contribution in [-0.2, 0) is 11.0 Å². The van der Waals surface area contributed by atoms with Gasteiger partial charge in [0.2, 0.25) is 0 Å². The molecule has 1 N–H and O–H groups in total. The molecule has 1 fully saturated rings. The number of carbonyl (C=O) groups is 2. The molecule has 2 amide bonds. The summed E-state index contributed by atoms with van der Waals surface area (Å²) in [6, 6.07) is 11.1. The van der Waals surface area contributed by atoms with Gasteiger partial charge >= 0.3 is 6.18 Å². The van der Waals surface area contributed by atoms with Gasteiger partial charge in [0, 0.05) is 24.3 Å². The molecule has 1 aliphatic heterocycles. The van der Waals surface area contributed by atoms with Gasteiger partial charge in [-0.15, -0.1) is 0 Å². The van der Waals surface area contributed by atoms with Gasteiger partial charge in [-0.05, 0) is 43.2 Å². The zero-order valence-corrected chi connectivity index (χ0v) is 15.0. The van der Waals surface area contributed by atoms with Crippen molar-refractivity contribution in [2.75, 3.05) is 25.0 Å². The van der Waals surface area contributed by atoms with Gasteiger partial charge in [-0.3, -0.25) is 9.59 Å². The van der Waals surface area contributed by atoms with Crippen LogP contribution in [0.15, 0.2) is 48.5 Å². The number of carbonyl (C=O) groups excluding carboxylic acids is 2. The van der Waals surface area contributed by atoms with Crippen LogP contribution in [0.3, 0.4) is 0 Å². The quantitative estimate of drug-likeness (QED) is 0.838. The molecule has 2 aromatic rings. The Morgan fingerprint density at radius 1 is 1.04 bits per heavy atom. The fourth-order valence-corrected chi connectivity index (χ4v) is 3.00. The van der Waals surface area contributed by atoms with Crippen LogP contribution in [0.2, 0.25) is 0 Å². The van der Waals surface area contributed by atoms with E-state index in [1.807, 2.05) is 0 Å². The summed E-state index contributed by atoms with van der Waals surface area (Å²) in [5.74, 6) is -1.14. The zero-order chi connectivity index (χ0) is 20.1. The number of rotatable bonds is 5. The number of amides is 2. The van der Waals surface area contributed by atoms with Crippen molar-refractivity contribution in [2.24, 2.45) is 0 Å². The maximum Gasteiger partial charge on any atom is 0.419 e. The topological polar surface area (TPSA) is 58.6 Å². The van der Waals surface area contributed by atoms with Crippen molar-refractivity contribution in [2.45, 2.75) is 19.0 Å². The highest BCUT2D eigenvalue weighted by atomic mass is 19.4. The fourth-order valence-electron chi connectivity index (χ4n) is 3.00. The Morgan fingerprint density at radius 2 is 1.75 bits per heavy atom. The van der Waals surface area contributed by atoms with E-state index in [0.717, 1.165) is 25.0 Å². The predicted octanol–water partition coefficient (Wildman–Crippen LogP) is 3.96. The van der Waals surface area contributed by atoms with Crippen molar-refractivity contribution in [3.8, 4) is 5.75 Å². The SMILES string of the molecule is O=C(COc1ccccc1C(F)(F)F)Nc1cccc(C(=O)N2CCCC2)c1. The normalized spacial score (nSPS) is 14.0. The summed E-state index contributed by atoms with van der Waals surface area (Å²) in [5.41, 5.74) is -0.119. The molecule has 0 unspecified atom stereocenters. The van der Waals surface area contributed by atoms with Gasteiger partial charge in [0.15, 0.2) is 6.61 Å². The van der Waals surface area contributed by atoms with Crippen LogP contribution in [0.1, 0.15) is 28.8 Å². The second-order valence-corrected chi connectivity index (χ2v) is 6.41. The Kier molecular flexibility index (Phi) is 5.87. The molecule has 8 heteroatoms. The second-order valence-electron chi connectivity index (χ2n) is 6.41. The lowest BCUT2D eigenvalue weighted by atomic mass is 10.1. The van der Waals surface area contributed by atoms with Crippen molar-refractivity contribution >= 4 is 17.5 Å². The minimum atomic E-state index is -4.57. The molecule has 28 heavy (non-hydrogen) atoms. The van der Waals surface area contributed by atoms with E-state index in [9.17, 15) is 22.8 Å². The number of benzene rings is 2.